The van der Waals surface area contributed by atoms with Gasteiger partial charge in [-0.05, 0) is 33.6 Å². The molecule has 0 aliphatic carbocycles. The van der Waals surface area contributed by atoms with Crippen LogP contribution in [0.15, 0.2) is 11.8 Å². The van der Waals surface area contributed by atoms with E-state index in [0.717, 1.165) is 11.8 Å². The SMILES string of the molecule is CC(C)(C)OC(=O)N1CCC(=C[N+](=O)[O-])CC1. The van der Waals surface area contributed by atoms with Gasteiger partial charge in [-0.15, -0.1) is 0 Å². The zero-order valence-corrected chi connectivity index (χ0v) is 10.4. The van der Waals surface area contributed by atoms with E-state index < -0.39 is 10.5 Å². The van der Waals surface area contributed by atoms with Gasteiger partial charge in [-0.25, -0.2) is 4.79 Å². The van der Waals surface area contributed by atoms with Crippen molar-refractivity contribution in [2.45, 2.75) is 39.2 Å². The van der Waals surface area contributed by atoms with Gasteiger partial charge < -0.3 is 9.64 Å². The molecule has 0 saturated carbocycles. The third kappa shape index (κ3) is 4.84. The number of hydrogen-bond donors (Lipinski definition) is 0. The van der Waals surface area contributed by atoms with E-state index in [1.807, 2.05) is 20.8 Å². The van der Waals surface area contributed by atoms with Gasteiger partial charge in [0.1, 0.15) is 5.60 Å². The summed E-state index contributed by atoms with van der Waals surface area (Å²) in [6.07, 6.45) is 1.77. The van der Waals surface area contributed by atoms with E-state index in [0.29, 0.717) is 25.9 Å². The summed E-state index contributed by atoms with van der Waals surface area (Å²) < 4.78 is 5.23. The van der Waals surface area contributed by atoms with Crippen LogP contribution < -0.4 is 0 Å². The Balaban J connectivity index is 2.47. The second-order valence-electron chi connectivity index (χ2n) is 5.04. The van der Waals surface area contributed by atoms with Gasteiger partial charge in [0.25, 0.3) is 0 Å². The first kappa shape index (κ1) is 13.5. The van der Waals surface area contributed by atoms with E-state index in [9.17, 15) is 14.9 Å². The molecule has 1 amide bonds. The Bertz CT molecular complexity index is 334. The second-order valence-corrected chi connectivity index (χ2v) is 5.04. The van der Waals surface area contributed by atoms with Crippen LogP contribution in [0.25, 0.3) is 0 Å². The van der Waals surface area contributed by atoms with Gasteiger partial charge >= 0.3 is 6.09 Å². The van der Waals surface area contributed by atoms with Crippen LogP contribution in [0.2, 0.25) is 0 Å². The maximum atomic E-state index is 11.7. The van der Waals surface area contributed by atoms with Gasteiger partial charge in [-0.1, -0.05) is 0 Å². The normalized spacial score (nSPS) is 16.6. The number of likely N-dealkylation sites (tertiary alicyclic amines) is 1. The van der Waals surface area contributed by atoms with E-state index in [-0.39, 0.29) is 6.09 Å². The Labute approximate surface area is 100 Å². The Morgan fingerprint density at radius 2 is 1.94 bits per heavy atom. The zero-order chi connectivity index (χ0) is 13.1. The van der Waals surface area contributed by atoms with E-state index in [4.69, 9.17) is 4.74 Å². The quantitative estimate of drug-likeness (QED) is 0.522. The van der Waals surface area contributed by atoms with Crippen LogP contribution in [0.5, 0.6) is 0 Å². The molecule has 0 aromatic carbocycles. The predicted octanol–water partition coefficient (Wildman–Crippen LogP) is 2.18. The number of amides is 1. The highest BCUT2D eigenvalue weighted by molar-refractivity contribution is 5.68. The molecule has 0 spiro atoms. The molecule has 0 bridgehead atoms. The summed E-state index contributed by atoms with van der Waals surface area (Å²) in [6.45, 7) is 6.40. The van der Waals surface area contributed by atoms with Crippen LogP contribution in [-0.2, 0) is 4.74 Å². The van der Waals surface area contributed by atoms with Gasteiger partial charge in [0, 0.05) is 18.7 Å². The average Bonchev–Trinajstić information content (AvgIpc) is 2.15. The molecule has 0 aromatic heterocycles. The Morgan fingerprint density at radius 1 is 1.41 bits per heavy atom. The van der Waals surface area contributed by atoms with Crippen molar-refractivity contribution in [3.63, 3.8) is 0 Å². The highest BCUT2D eigenvalue weighted by Gasteiger charge is 2.25. The summed E-state index contributed by atoms with van der Waals surface area (Å²) in [5, 5.41) is 10.3. The molecule has 0 N–H and O–H groups in total. The maximum absolute atomic E-state index is 11.7. The fourth-order valence-electron chi connectivity index (χ4n) is 1.58. The lowest BCUT2D eigenvalue weighted by atomic mass is 10.1. The van der Waals surface area contributed by atoms with Crippen molar-refractivity contribution < 1.29 is 14.5 Å². The molecular formula is C11H18N2O4. The minimum absolute atomic E-state index is 0.349. The van der Waals surface area contributed by atoms with Crippen LogP contribution >= 0.6 is 0 Å². The molecule has 1 saturated heterocycles. The van der Waals surface area contributed by atoms with Crippen molar-refractivity contribution in [1.29, 1.82) is 0 Å². The van der Waals surface area contributed by atoms with Crippen molar-refractivity contribution in [2.75, 3.05) is 13.1 Å². The van der Waals surface area contributed by atoms with Crippen molar-refractivity contribution in [3.8, 4) is 0 Å². The van der Waals surface area contributed by atoms with Gasteiger partial charge in [-0.3, -0.25) is 10.1 Å². The number of hydrogen-bond acceptors (Lipinski definition) is 4. The maximum Gasteiger partial charge on any atom is 0.410 e. The third-order valence-corrected chi connectivity index (χ3v) is 2.35. The van der Waals surface area contributed by atoms with Gasteiger partial charge in [0.15, 0.2) is 0 Å². The molecule has 1 heterocycles. The largest absolute Gasteiger partial charge is 0.444 e. The molecule has 6 heteroatoms. The minimum atomic E-state index is -0.506. The monoisotopic (exact) mass is 242 g/mol. The molecule has 1 aliphatic rings. The van der Waals surface area contributed by atoms with Gasteiger partial charge in [0.2, 0.25) is 6.20 Å². The summed E-state index contributed by atoms with van der Waals surface area (Å²) in [7, 11) is 0. The molecule has 0 unspecified atom stereocenters. The number of rotatable bonds is 1. The summed E-state index contributed by atoms with van der Waals surface area (Å²) in [5.74, 6) is 0. The lowest BCUT2D eigenvalue weighted by molar-refractivity contribution is -0.403. The van der Waals surface area contributed by atoms with Crippen LogP contribution in [0.4, 0.5) is 4.79 Å². The van der Waals surface area contributed by atoms with Crippen LogP contribution in [0, 0.1) is 10.1 Å². The first-order valence-corrected chi connectivity index (χ1v) is 5.59. The van der Waals surface area contributed by atoms with Crippen molar-refractivity contribution in [3.05, 3.63) is 21.9 Å². The van der Waals surface area contributed by atoms with Crippen molar-refractivity contribution in [1.82, 2.24) is 4.90 Å². The van der Waals surface area contributed by atoms with Crippen LogP contribution in [-0.4, -0.2) is 34.6 Å². The molecule has 0 atom stereocenters. The number of nitrogens with zero attached hydrogens (tertiary/aromatic N) is 2. The molecule has 17 heavy (non-hydrogen) atoms. The minimum Gasteiger partial charge on any atom is -0.444 e. The van der Waals surface area contributed by atoms with Crippen molar-refractivity contribution in [2.24, 2.45) is 0 Å². The molecule has 0 radical (unpaired) electrons. The van der Waals surface area contributed by atoms with E-state index in [1.165, 1.54) is 0 Å². The number of ether oxygens (including phenoxy) is 1. The fourth-order valence-corrected chi connectivity index (χ4v) is 1.58. The summed E-state index contributed by atoms with van der Waals surface area (Å²) in [6, 6.07) is 0. The second kappa shape index (κ2) is 5.16. The summed E-state index contributed by atoms with van der Waals surface area (Å²) in [5.41, 5.74) is 0.267. The summed E-state index contributed by atoms with van der Waals surface area (Å²) >= 11 is 0. The standard InChI is InChI=1S/C11H18N2O4/c1-11(2,3)17-10(14)12-6-4-9(5-7-12)8-13(15)16/h8H,4-7H2,1-3H3. The Kier molecular flexibility index (Phi) is 4.09. The Hall–Kier alpha value is -1.59. The number of carbonyl (C=O) groups excluding carboxylic acids is 1. The molecule has 1 rings (SSSR count). The van der Waals surface area contributed by atoms with E-state index in [2.05, 4.69) is 0 Å². The van der Waals surface area contributed by atoms with Gasteiger partial charge in [0.05, 0.1) is 4.92 Å². The molecule has 1 fully saturated rings. The first-order chi connectivity index (χ1) is 7.78. The average molecular weight is 242 g/mol. The molecule has 6 nitrogen and oxygen atoms in total. The topological polar surface area (TPSA) is 72.7 Å². The fraction of sp³-hybridized carbons (Fsp3) is 0.727. The van der Waals surface area contributed by atoms with Crippen LogP contribution in [0.3, 0.4) is 0 Å². The smallest absolute Gasteiger partial charge is 0.410 e. The number of nitro groups is 1. The molecular weight excluding hydrogens is 224 g/mol. The number of piperidine rings is 1. The highest BCUT2D eigenvalue weighted by Crippen LogP contribution is 2.18. The third-order valence-electron chi connectivity index (χ3n) is 2.35. The van der Waals surface area contributed by atoms with Gasteiger partial charge in [-0.2, -0.15) is 0 Å². The van der Waals surface area contributed by atoms with E-state index >= 15 is 0 Å². The molecule has 96 valence electrons. The Morgan fingerprint density at radius 3 is 2.35 bits per heavy atom. The van der Waals surface area contributed by atoms with E-state index in [1.54, 1.807) is 4.90 Å². The summed E-state index contributed by atoms with van der Waals surface area (Å²) in [4.78, 5) is 23.1. The van der Waals surface area contributed by atoms with Crippen molar-refractivity contribution >= 4 is 6.09 Å². The molecule has 1 aliphatic heterocycles. The lowest BCUT2D eigenvalue weighted by Gasteiger charge is -2.30. The highest BCUT2D eigenvalue weighted by atomic mass is 16.6. The number of carbonyl (C=O) groups is 1. The predicted molar refractivity (Wildman–Crippen MR) is 62.1 cm³/mol. The zero-order valence-electron chi connectivity index (χ0n) is 10.4. The lowest BCUT2D eigenvalue weighted by Crippen LogP contribution is -2.40. The first-order valence-electron chi connectivity index (χ1n) is 5.59. The molecule has 0 aromatic rings. The van der Waals surface area contributed by atoms with Crippen LogP contribution in [0.1, 0.15) is 33.6 Å².